The van der Waals surface area contributed by atoms with Crippen molar-refractivity contribution in [2.45, 2.75) is 12.5 Å². The van der Waals surface area contributed by atoms with E-state index in [1.165, 1.54) is 0 Å². The van der Waals surface area contributed by atoms with Crippen molar-refractivity contribution >= 4 is 22.0 Å². The summed E-state index contributed by atoms with van der Waals surface area (Å²) in [6.07, 6.45) is -0.407. The van der Waals surface area contributed by atoms with Crippen LogP contribution < -0.4 is 5.32 Å². The first-order valence-electron chi connectivity index (χ1n) is 3.83. The first kappa shape index (κ1) is 8.62. The molecule has 0 saturated carbocycles. The monoisotopic (exact) mass is 245 g/mol. The van der Waals surface area contributed by atoms with Crippen LogP contribution in [0.4, 0.5) is 4.79 Å². The van der Waals surface area contributed by atoms with Gasteiger partial charge in [-0.3, -0.25) is 0 Å². The highest BCUT2D eigenvalue weighted by molar-refractivity contribution is 9.10. The van der Waals surface area contributed by atoms with Crippen molar-refractivity contribution in [2.24, 2.45) is 0 Å². The fourth-order valence-corrected chi connectivity index (χ4v) is 1.56. The number of cyclic esters (lactones) is 1. The molecule has 70 valence electrons. The van der Waals surface area contributed by atoms with Gasteiger partial charge in [0.25, 0.3) is 0 Å². The van der Waals surface area contributed by atoms with Crippen LogP contribution in [0.3, 0.4) is 0 Å². The van der Waals surface area contributed by atoms with Crippen LogP contribution in [0.2, 0.25) is 0 Å². The van der Waals surface area contributed by atoms with Gasteiger partial charge in [0.05, 0.1) is 6.54 Å². The number of rotatable bonds is 1. The van der Waals surface area contributed by atoms with Gasteiger partial charge in [-0.2, -0.15) is 0 Å². The largest absolute Gasteiger partial charge is 0.450 e. The minimum atomic E-state index is -0.677. The maximum atomic E-state index is 10.9. The predicted octanol–water partition coefficient (Wildman–Crippen LogP) is 2.00. The van der Waals surface area contributed by atoms with E-state index in [0.29, 0.717) is 17.0 Å². The topological polar surface area (TPSA) is 51.5 Å². The predicted molar refractivity (Wildman–Crippen MR) is 48.2 cm³/mol. The van der Waals surface area contributed by atoms with Crippen molar-refractivity contribution in [3.8, 4) is 0 Å². The third-order valence-corrected chi connectivity index (χ3v) is 2.41. The molecule has 1 atom stereocenters. The van der Waals surface area contributed by atoms with E-state index in [0.717, 1.165) is 0 Å². The Hall–Kier alpha value is -0.970. The van der Waals surface area contributed by atoms with Gasteiger partial charge in [-0.25, -0.2) is 4.79 Å². The molecule has 1 unspecified atom stereocenters. The van der Waals surface area contributed by atoms with E-state index in [-0.39, 0.29) is 0 Å². The molecule has 1 aliphatic rings. The van der Waals surface area contributed by atoms with Crippen molar-refractivity contribution in [1.29, 1.82) is 0 Å². The Morgan fingerprint density at radius 1 is 1.62 bits per heavy atom. The molecule has 0 spiro atoms. The molecule has 0 radical (unpaired) electrons. The van der Waals surface area contributed by atoms with Gasteiger partial charge in [0.15, 0.2) is 16.0 Å². The third kappa shape index (κ3) is 1.44. The highest BCUT2D eigenvalue weighted by Crippen LogP contribution is 2.31. The minimum absolute atomic E-state index is 0.407. The summed E-state index contributed by atoms with van der Waals surface area (Å²) in [4.78, 5) is 10.9. The lowest BCUT2D eigenvalue weighted by Crippen LogP contribution is -2.25. The van der Waals surface area contributed by atoms with Crippen molar-refractivity contribution in [1.82, 2.24) is 5.32 Å². The number of hydrogen-bond donors (Lipinski definition) is 1. The number of alkyl carbamates (subject to hydrolysis) is 1. The Labute approximate surface area is 83.4 Å². The quantitative estimate of drug-likeness (QED) is 0.824. The lowest BCUT2D eigenvalue weighted by molar-refractivity contribution is 0.0512. The molecule has 2 heterocycles. The number of carbonyl (C=O) groups excluding carboxylic acids is 1. The van der Waals surface area contributed by atoms with E-state index >= 15 is 0 Å². The zero-order valence-electron chi connectivity index (χ0n) is 6.96. The molecular weight excluding hydrogens is 238 g/mol. The molecule has 5 heteroatoms. The van der Waals surface area contributed by atoms with E-state index in [4.69, 9.17) is 9.15 Å². The molecule has 1 aromatic heterocycles. The summed E-state index contributed by atoms with van der Waals surface area (Å²) in [7, 11) is 0. The zero-order chi connectivity index (χ0) is 9.47. The Morgan fingerprint density at radius 2 is 2.38 bits per heavy atom. The minimum Gasteiger partial charge on any atom is -0.450 e. The summed E-state index contributed by atoms with van der Waals surface area (Å²) in [5.74, 6) is 0.637. The highest BCUT2D eigenvalue weighted by atomic mass is 79.9. The fourth-order valence-electron chi connectivity index (χ4n) is 1.25. The maximum absolute atomic E-state index is 10.9. The molecule has 1 N–H and O–H groups in total. The maximum Gasteiger partial charge on any atom is 0.408 e. The number of furan rings is 1. The van der Waals surface area contributed by atoms with Gasteiger partial charge in [0.1, 0.15) is 0 Å². The van der Waals surface area contributed by atoms with Crippen LogP contribution in [0.25, 0.3) is 0 Å². The van der Waals surface area contributed by atoms with Crippen molar-refractivity contribution in [3.63, 3.8) is 0 Å². The second-order valence-corrected chi connectivity index (χ2v) is 3.86. The van der Waals surface area contributed by atoms with Crippen LogP contribution in [0.15, 0.2) is 21.2 Å². The second-order valence-electron chi connectivity index (χ2n) is 3.08. The van der Waals surface area contributed by atoms with E-state index in [1.807, 2.05) is 0 Å². The Bertz CT molecular complexity index is 349. The molecule has 1 fully saturated rings. The molecule has 1 aromatic rings. The Balaban J connectivity index is 2.30. The Kier molecular flexibility index (Phi) is 1.83. The van der Waals surface area contributed by atoms with Crippen LogP contribution in [0, 0.1) is 0 Å². The summed E-state index contributed by atoms with van der Waals surface area (Å²) in [5, 5.41) is 2.58. The van der Waals surface area contributed by atoms with Crippen LogP contribution in [0.5, 0.6) is 0 Å². The summed E-state index contributed by atoms with van der Waals surface area (Å²) in [6.45, 7) is 2.24. The number of ether oxygens (including phenoxy) is 1. The van der Waals surface area contributed by atoms with Crippen LogP contribution in [-0.4, -0.2) is 12.6 Å². The molecule has 2 rings (SSSR count). The second kappa shape index (κ2) is 2.77. The smallest absolute Gasteiger partial charge is 0.408 e. The van der Waals surface area contributed by atoms with Gasteiger partial charge in [-0.15, -0.1) is 0 Å². The van der Waals surface area contributed by atoms with Crippen LogP contribution in [-0.2, 0) is 10.3 Å². The number of nitrogens with one attached hydrogen (secondary N) is 1. The molecule has 4 nitrogen and oxygen atoms in total. The van der Waals surface area contributed by atoms with Crippen molar-refractivity contribution < 1.29 is 13.9 Å². The molecule has 13 heavy (non-hydrogen) atoms. The summed E-state index contributed by atoms with van der Waals surface area (Å²) < 4.78 is 11.0. The SMILES string of the molecule is CC1(c2ccc(Br)o2)CNC(=O)O1. The van der Waals surface area contributed by atoms with Gasteiger partial charge in [0, 0.05) is 0 Å². The Morgan fingerprint density at radius 3 is 2.85 bits per heavy atom. The van der Waals surface area contributed by atoms with Gasteiger partial charge in [-0.05, 0) is 35.0 Å². The number of hydrogen-bond acceptors (Lipinski definition) is 3. The van der Waals surface area contributed by atoms with Crippen molar-refractivity contribution in [2.75, 3.05) is 6.54 Å². The summed E-state index contributed by atoms with van der Waals surface area (Å²) >= 11 is 3.19. The van der Waals surface area contributed by atoms with E-state index < -0.39 is 11.7 Å². The summed E-state index contributed by atoms with van der Waals surface area (Å²) in [6, 6.07) is 3.55. The van der Waals surface area contributed by atoms with E-state index in [2.05, 4.69) is 21.2 Å². The average molecular weight is 246 g/mol. The molecule has 1 aliphatic heterocycles. The molecule has 0 aliphatic carbocycles. The summed E-state index contributed by atoms with van der Waals surface area (Å²) in [5.41, 5.74) is -0.677. The molecule has 1 amide bonds. The highest BCUT2D eigenvalue weighted by Gasteiger charge is 2.40. The van der Waals surface area contributed by atoms with E-state index in [9.17, 15) is 4.79 Å². The van der Waals surface area contributed by atoms with Gasteiger partial charge >= 0.3 is 6.09 Å². The fraction of sp³-hybridized carbons (Fsp3) is 0.375. The van der Waals surface area contributed by atoms with E-state index in [1.54, 1.807) is 19.1 Å². The van der Waals surface area contributed by atoms with Gasteiger partial charge < -0.3 is 14.5 Å². The van der Waals surface area contributed by atoms with Crippen LogP contribution in [0.1, 0.15) is 12.7 Å². The average Bonchev–Trinajstić information content (AvgIpc) is 2.60. The molecule has 0 aromatic carbocycles. The third-order valence-electron chi connectivity index (χ3n) is 1.98. The molecule has 0 bridgehead atoms. The standard InChI is InChI=1S/C8H8BrNO3/c1-8(4-10-7(11)13-8)5-2-3-6(9)12-5/h2-3H,4H2,1H3,(H,10,11). The first-order valence-corrected chi connectivity index (χ1v) is 4.62. The van der Waals surface area contributed by atoms with Crippen LogP contribution >= 0.6 is 15.9 Å². The molecular formula is C8H8BrNO3. The normalized spacial score (nSPS) is 27.1. The van der Waals surface area contributed by atoms with Gasteiger partial charge in [-0.1, -0.05) is 0 Å². The van der Waals surface area contributed by atoms with Gasteiger partial charge in [0.2, 0.25) is 0 Å². The number of halogens is 1. The lowest BCUT2D eigenvalue weighted by Gasteiger charge is -2.17. The first-order chi connectivity index (χ1) is 6.10. The lowest BCUT2D eigenvalue weighted by atomic mass is 10.1. The number of carbonyl (C=O) groups is 1. The van der Waals surface area contributed by atoms with Crippen molar-refractivity contribution in [3.05, 3.63) is 22.6 Å². The molecule has 1 saturated heterocycles. The number of amides is 1. The zero-order valence-corrected chi connectivity index (χ0v) is 8.55.